The molecule has 2 bridgehead atoms. The van der Waals surface area contributed by atoms with Gasteiger partial charge in [-0.1, -0.05) is 6.07 Å². The van der Waals surface area contributed by atoms with E-state index in [4.69, 9.17) is 4.74 Å². The van der Waals surface area contributed by atoms with Crippen LogP contribution in [0.4, 0.5) is 4.39 Å². The minimum Gasteiger partial charge on any atom is -0.505 e. The van der Waals surface area contributed by atoms with Crippen molar-refractivity contribution in [3.63, 3.8) is 0 Å². The maximum Gasteiger partial charge on any atom is 0.280 e. The van der Waals surface area contributed by atoms with Gasteiger partial charge in [0, 0.05) is 37.3 Å². The lowest BCUT2D eigenvalue weighted by molar-refractivity contribution is 0.0685. The van der Waals surface area contributed by atoms with Crippen LogP contribution in [-0.4, -0.2) is 62.4 Å². The number of aromatic hydroxyl groups is 1. The minimum absolute atomic E-state index is 0.0278. The zero-order valence-corrected chi connectivity index (χ0v) is 20.2. The van der Waals surface area contributed by atoms with Crippen molar-refractivity contribution in [1.29, 1.82) is 0 Å². The molecule has 0 fully saturated rings. The molecule has 0 saturated heterocycles. The van der Waals surface area contributed by atoms with Crippen molar-refractivity contribution in [2.75, 3.05) is 26.2 Å². The highest BCUT2D eigenvalue weighted by Crippen LogP contribution is 2.38. The van der Waals surface area contributed by atoms with Gasteiger partial charge in [-0.3, -0.25) is 14.4 Å². The number of benzene rings is 1. The molecule has 2 N–H and O–H groups in total. The number of fused-ring (bicyclic) bond motifs is 7. The molecule has 2 aromatic heterocycles. The first-order valence-corrected chi connectivity index (χ1v) is 12.2. The van der Waals surface area contributed by atoms with E-state index >= 15 is 0 Å². The van der Waals surface area contributed by atoms with E-state index in [1.807, 2.05) is 13.8 Å². The lowest BCUT2D eigenvalue weighted by atomic mass is 10.1. The maximum atomic E-state index is 14.0. The summed E-state index contributed by atoms with van der Waals surface area (Å²) in [5.41, 5.74) is -0.108. The third-order valence-electron chi connectivity index (χ3n) is 6.80. The number of rotatable bonds is 1. The number of carbonyl (C=O) groups is 2. The van der Waals surface area contributed by atoms with E-state index in [1.54, 1.807) is 9.47 Å². The van der Waals surface area contributed by atoms with Gasteiger partial charge < -0.3 is 24.6 Å². The van der Waals surface area contributed by atoms with E-state index < -0.39 is 28.9 Å². The van der Waals surface area contributed by atoms with Crippen molar-refractivity contribution in [2.24, 2.45) is 0 Å². The van der Waals surface area contributed by atoms with Crippen molar-refractivity contribution < 1.29 is 23.8 Å². The van der Waals surface area contributed by atoms with E-state index in [1.165, 1.54) is 18.2 Å². The lowest BCUT2D eigenvalue weighted by Gasteiger charge is -2.32. The van der Waals surface area contributed by atoms with Gasteiger partial charge in [0.2, 0.25) is 0 Å². The Labute approximate surface area is 206 Å². The van der Waals surface area contributed by atoms with Gasteiger partial charge in [-0.25, -0.2) is 9.07 Å². The zero-order chi connectivity index (χ0) is 25.6. The molecule has 2 aliphatic heterocycles. The second-order valence-corrected chi connectivity index (χ2v) is 9.21. The number of nitrogens with one attached hydrogen (secondary N) is 1. The largest absolute Gasteiger partial charge is 0.505 e. The Bertz CT molecular complexity index is 1430. The molecule has 1 aromatic carbocycles. The number of hydrogen-bond donors (Lipinski definition) is 2. The molecule has 0 radical (unpaired) electrons. The number of amides is 2. The molecule has 11 heteroatoms. The number of nitrogens with zero attached hydrogens (tertiary/aromatic N) is 4. The zero-order valence-electron chi connectivity index (χ0n) is 20.2. The monoisotopic (exact) mass is 497 g/mol. The van der Waals surface area contributed by atoms with Crippen LogP contribution in [0.2, 0.25) is 0 Å². The van der Waals surface area contributed by atoms with Crippen molar-refractivity contribution >= 4 is 22.7 Å². The predicted octanol–water partition coefficient (Wildman–Crippen LogP) is 2.42. The fourth-order valence-corrected chi connectivity index (χ4v) is 4.99. The summed E-state index contributed by atoms with van der Waals surface area (Å²) in [6.45, 7) is 5.12. The smallest absolute Gasteiger partial charge is 0.280 e. The topological polar surface area (TPSA) is 119 Å². The molecular formula is C25H28FN5O5. The average Bonchev–Trinajstić information content (AvgIpc) is 3.17. The third kappa shape index (κ3) is 3.88. The third-order valence-corrected chi connectivity index (χ3v) is 6.80. The standard InChI is InChI=1S/C25H28FN5O5/c1-3-29-12-14(2)31-20-18(22(32)21(31)25(29)35)24(34)30-13-15-7-8-16(26)11-17(15)36-10-6-4-5-9-27-23(33)19(20)28-30/h7-8,11,14,32H,3-6,9-10,12-13H2,1-2H3,(H,27,33). The molecule has 5 rings (SSSR count). The van der Waals surface area contributed by atoms with E-state index in [-0.39, 0.29) is 40.6 Å². The Morgan fingerprint density at radius 3 is 2.81 bits per heavy atom. The summed E-state index contributed by atoms with van der Waals surface area (Å²) in [6, 6.07) is 3.72. The summed E-state index contributed by atoms with van der Waals surface area (Å²) < 4.78 is 22.4. The maximum absolute atomic E-state index is 14.0. The first-order chi connectivity index (χ1) is 17.3. The molecule has 3 aromatic rings. The van der Waals surface area contributed by atoms with Crippen LogP contribution < -0.4 is 15.6 Å². The fraction of sp³-hybridized carbons (Fsp3) is 0.440. The molecular weight excluding hydrogens is 469 g/mol. The lowest BCUT2D eigenvalue weighted by Crippen LogP contribution is -2.42. The van der Waals surface area contributed by atoms with Crippen LogP contribution in [0.1, 0.15) is 65.7 Å². The van der Waals surface area contributed by atoms with Crippen LogP contribution in [0.3, 0.4) is 0 Å². The van der Waals surface area contributed by atoms with Gasteiger partial charge in [0.15, 0.2) is 17.1 Å². The summed E-state index contributed by atoms with van der Waals surface area (Å²) in [7, 11) is 0. The summed E-state index contributed by atoms with van der Waals surface area (Å²) in [5, 5.41) is 18.3. The highest BCUT2D eigenvalue weighted by molar-refractivity contribution is 6.10. The highest BCUT2D eigenvalue weighted by atomic mass is 19.1. The number of hydrogen-bond acceptors (Lipinski definition) is 6. The van der Waals surface area contributed by atoms with E-state index in [0.29, 0.717) is 44.6 Å². The van der Waals surface area contributed by atoms with Crippen LogP contribution >= 0.6 is 0 Å². The first-order valence-electron chi connectivity index (χ1n) is 12.2. The molecule has 4 heterocycles. The summed E-state index contributed by atoms with van der Waals surface area (Å²) in [5.74, 6) is -1.57. The SMILES string of the molecule is CCN1CC(C)n2c(c(O)c3c(=O)n4nc(c32)C(=O)NCCCCCOc2cc(F)ccc2C4)C1=O. The van der Waals surface area contributed by atoms with E-state index in [0.717, 1.165) is 11.1 Å². The molecule has 36 heavy (non-hydrogen) atoms. The Morgan fingerprint density at radius 2 is 2.03 bits per heavy atom. The van der Waals surface area contributed by atoms with Gasteiger partial charge in [0.25, 0.3) is 17.4 Å². The Hall–Kier alpha value is -3.89. The molecule has 10 nitrogen and oxygen atoms in total. The van der Waals surface area contributed by atoms with Gasteiger partial charge in [-0.15, -0.1) is 0 Å². The predicted molar refractivity (Wildman–Crippen MR) is 129 cm³/mol. The van der Waals surface area contributed by atoms with Crippen LogP contribution in [0, 0.1) is 5.82 Å². The molecule has 0 spiro atoms. The van der Waals surface area contributed by atoms with Crippen molar-refractivity contribution in [2.45, 2.75) is 45.7 Å². The number of carbonyl (C=O) groups excluding carboxylic acids is 2. The second kappa shape index (κ2) is 9.29. The quantitative estimate of drug-likeness (QED) is 0.533. The van der Waals surface area contributed by atoms with Crippen molar-refractivity contribution in [3.05, 3.63) is 51.3 Å². The number of aromatic nitrogens is 3. The summed E-state index contributed by atoms with van der Waals surface area (Å²) >= 11 is 0. The summed E-state index contributed by atoms with van der Waals surface area (Å²) in [6.07, 6.45) is 2.19. The summed E-state index contributed by atoms with van der Waals surface area (Å²) in [4.78, 5) is 41.7. The van der Waals surface area contributed by atoms with E-state index in [2.05, 4.69) is 10.4 Å². The van der Waals surface area contributed by atoms with Gasteiger partial charge in [0.05, 0.1) is 18.7 Å². The second-order valence-electron chi connectivity index (χ2n) is 9.21. The number of halogens is 1. The normalized spacial score (nSPS) is 18.8. The Morgan fingerprint density at radius 1 is 1.22 bits per heavy atom. The molecule has 2 amide bonds. The molecule has 0 saturated carbocycles. The molecule has 0 aliphatic carbocycles. The van der Waals surface area contributed by atoms with E-state index in [9.17, 15) is 23.9 Å². The van der Waals surface area contributed by atoms with Crippen LogP contribution in [0.5, 0.6) is 11.5 Å². The van der Waals surface area contributed by atoms with Crippen molar-refractivity contribution in [1.82, 2.24) is 24.6 Å². The van der Waals surface area contributed by atoms with Crippen LogP contribution in [0.15, 0.2) is 23.0 Å². The highest BCUT2D eigenvalue weighted by Gasteiger charge is 2.37. The fourth-order valence-electron chi connectivity index (χ4n) is 4.99. The van der Waals surface area contributed by atoms with Gasteiger partial charge >= 0.3 is 0 Å². The van der Waals surface area contributed by atoms with Gasteiger partial charge in [-0.05, 0) is 39.2 Å². The minimum atomic E-state index is -0.661. The number of ether oxygens (including phenoxy) is 1. The van der Waals surface area contributed by atoms with Crippen LogP contribution in [0.25, 0.3) is 10.9 Å². The molecule has 1 unspecified atom stereocenters. The first kappa shape index (κ1) is 23.8. The molecule has 190 valence electrons. The van der Waals surface area contributed by atoms with Gasteiger partial charge in [0.1, 0.15) is 17.0 Å². The van der Waals surface area contributed by atoms with Gasteiger partial charge in [-0.2, -0.15) is 5.10 Å². The Balaban J connectivity index is 1.78. The van der Waals surface area contributed by atoms with Crippen molar-refractivity contribution in [3.8, 4) is 11.5 Å². The molecule has 1 atom stereocenters. The Kier molecular flexibility index (Phi) is 6.15. The number of likely N-dealkylation sites (N-methyl/N-ethyl adjacent to an activating group) is 1. The average molecular weight is 498 g/mol. The molecule has 2 aliphatic rings. The van der Waals surface area contributed by atoms with Crippen LogP contribution in [-0.2, 0) is 6.54 Å².